The molecule has 25 heavy (non-hydrogen) atoms. The first-order valence-corrected chi connectivity index (χ1v) is 8.52. The summed E-state index contributed by atoms with van der Waals surface area (Å²) in [5.74, 6) is 1.67. The SMILES string of the molecule is Cc1ccc(NC(=O)N2CCc3nc(C)nc(N(C)C)c3C2)c(C)c1. The molecule has 1 aromatic heterocycles. The molecule has 1 N–H and O–H groups in total. The van der Waals surface area contributed by atoms with E-state index in [1.54, 1.807) is 0 Å². The molecule has 0 saturated heterocycles. The highest BCUT2D eigenvalue weighted by atomic mass is 16.2. The zero-order valence-electron chi connectivity index (χ0n) is 15.6. The van der Waals surface area contributed by atoms with Crippen LogP contribution in [0.5, 0.6) is 0 Å². The van der Waals surface area contributed by atoms with E-state index in [1.165, 1.54) is 5.56 Å². The molecule has 2 amide bonds. The summed E-state index contributed by atoms with van der Waals surface area (Å²) in [5.41, 5.74) is 5.20. The van der Waals surface area contributed by atoms with Gasteiger partial charge in [-0.15, -0.1) is 0 Å². The van der Waals surface area contributed by atoms with Crippen molar-refractivity contribution >= 4 is 17.5 Å². The maximum Gasteiger partial charge on any atom is 0.322 e. The third-order valence-electron chi connectivity index (χ3n) is 4.48. The van der Waals surface area contributed by atoms with E-state index in [0.29, 0.717) is 13.1 Å². The lowest BCUT2D eigenvalue weighted by molar-refractivity contribution is 0.206. The molecule has 2 heterocycles. The molecular formula is C19H25N5O. The van der Waals surface area contributed by atoms with E-state index in [0.717, 1.165) is 40.6 Å². The van der Waals surface area contributed by atoms with Gasteiger partial charge >= 0.3 is 6.03 Å². The Morgan fingerprint density at radius 1 is 1.20 bits per heavy atom. The molecule has 0 unspecified atom stereocenters. The predicted octanol–water partition coefficient (Wildman–Crippen LogP) is 3.06. The van der Waals surface area contributed by atoms with Gasteiger partial charge in [-0.1, -0.05) is 17.7 Å². The lowest BCUT2D eigenvalue weighted by Crippen LogP contribution is -2.40. The second kappa shape index (κ2) is 6.70. The fraction of sp³-hybridized carbons (Fsp3) is 0.421. The first-order chi connectivity index (χ1) is 11.8. The first kappa shape index (κ1) is 17.2. The average Bonchev–Trinajstić information content (AvgIpc) is 2.56. The lowest BCUT2D eigenvalue weighted by atomic mass is 10.1. The van der Waals surface area contributed by atoms with Gasteiger partial charge in [0.1, 0.15) is 11.6 Å². The molecule has 2 aromatic rings. The summed E-state index contributed by atoms with van der Waals surface area (Å²) in [6.45, 7) is 7.15. The molecule has 6 heteroatoms. The molecule has 1 aliphatic rings. The third kappa shape index (κ3) is 3.57. The third-order valence-corrected chi connectivity index (χ3v) is 4.48. The van der Waals surface area contributed by atoms with Crippen molar-refractivity contribution in [3.8, 4) is 0 Å². The molecule has 1 aliphatic heterocycles. The molecule has 0 fully saturated rings. The van der Waals surface area contributed by atoms with Gasteiger partial charge in [0.25, 0.3) is 0 Å². The number of anilines is 2. The molecule has 1 aromatic carbocycles. The minimum absolute atomic E-state index is 0.0807. The van der Waals surface area contributed by atoms with Crippen LogP contribution in [0.1, 0.15) is 28.2 Å². The van der Waals surface area contributed by atoms with Crippen molar-refractivity contribution in [3.63, 3.8) is 0 Å². The maximum absolute atomic E-state index is 12.7. The van der Waals surface area contributed by atoms with E-state index in [1.807, 2.05) is 56.8 Å². The first-order valence-electron chi connectivity index (χ1n) is 8.52. The summed E-state index contributed by atoms with van der Waals surface area (Å²) >= 11 is 0. The second-order valence-electron chi connectivity index (χ2n) is 6.83. The molecule has 132 valence electrons. The normalized spacial score (nSPS) is 13.4. The number of nitrogens with one attached hydrogen (secondary N) is 1. The topological polar surface area (TPSA) is 61.4 Å². The van der Waals surface area contributed by atoms with Crippen LogP contribution < -0.4 is 10.2 Å². The lowest BCUT2D eigenvalue weighted by Gasteiger charge is -2.31. The smallest absolute Gasteiger partial charge is 0.322 e. The van der Waals surface area contributed by atoms with Gasteiger partial charge in [0, 0.05) is 38.3 Å². The Kier molecular flexibility index (Phi) is 4.61. The summed E-state index contributed by atoms with van der Waals surface area (Å²) in [7, 11) is 3.94. The van der Waals surface area contributed by atoms with Gasteiger partial charge in [-0.2, -0.15) is 0 Å². The van der Waals surface area contributed by atoms with Gasteiger partial charge in [0.2, 0.25) is 0 Å². The summed E-state index contributed by atoms with van der Waals surface area (Å²) in [6.07, 6.45) is 0.750. The van der Waals surface area contributed by atoms with E-state index in [-0.39, 0.29) is 6.03 Å². The van der Waals surface area contributed by atoms with Crippen LogP contribution in [0.4, 0.5) is 16.3 Å². The van der Waals surface area contributed by atoms with E-state index in [9.17, 15) is 4.79 Å². The number of rotatable bonds is 2. The summed E-state index contributed by atoms with van der Waals surface area (Å²) in [5, 5.41) is 3.03. The van der Waals surface area contributed by atoms with Crippen LogP contribution in [0.25, 0.3) is 0 Å². The van der Waals surface area contributed by atoms with Gasteiger partial charge in [0.15, 0.2) is 0 Å². The number of carbonyl (C=O) groups excluding carboxylic acids is 1. The van der Waals surface area contributed by atoms with Crippen molar-refractivity contribution in [2.75, 3.05) is 30.9 Å². The fourth-order valence-electron chi connectivity index (χ4n) is 3.21. The number of hydrogen-bond donors (Lipinski definition) is 1. The Morgan fingerprint density at radius 2 is 1.96 bits per heavy atom. The Labute approximate surface area is 148 Å². The zero-order chi connectivity index (χ0) is 18.1. The number of nitrogens with zero attached hydrogens (tertiary/aromatic N) is 4. The predicted molar refractivity (Wildman–Crippen MR) is 100 cm³/mol. The van der Waals surface area contributed by atoms with Crippen LogP contribution in [0.15, 0.2) is 18.2 Å². The minimum atomic E-state index is -0.0807. The standard InChI is InChI=1S/C19H25N5O/c1-12-6-7-16(13(2)10-12)22-19(25)24-9-8-17-15(11-24)18(23(4)5)21-14(3)20-17/h6-7,10H,8-9,11H2,1-5H3,(H,22,25). The van der Waals surface area contributed by atoms with Crippen molar-refractivity contribution in [3.05, 3.63) is 46.4 Å². The van der Waals surface area contributed by atoms with Gasteiger partial charge in [0.05, 0.1) is 12.2 Å². The molecule has 0 bridgehead atoms. The molecule has 3 rings (SSSR count). The van der Waals surface area contributed by atoms with E-state index in [2.05, 4.69) is 21.4 Å². The fourth-order valence-corrected chi connectivity index (χ4v) is 3.21. The largest absolute Gasteiger partial charge is 0.362 e. The van der Waals surface area contributed by atoms with Gasteiger partial charge < -0.3 is 15.1 Å². The van der Waals surface area contributed by atoms with Gasteiger partial charge in [-0.3, -0.25) is 0 Å². The number of carbonyl (C=O) groups is 1. The van der Waals surface area contributed by atoms with Crippen molar-refractivity contribution in [1.82, 2.24) is 14.9 Å². The number of urea groups is 1. The molecule has 0 radical (unpaired) electrons. The van der Waals surface area contributed by atoms with Crippen LogP contribution in [-0.4, -0.2) is 41.5 Å². The highest BCUT2D eigenvalue weighted by Crippen LogP contribution is 2.26. The highest BCUT2D eigenvalue weighted by molar-refractivity contribution is 5.90. The number of hydrogen-bond acceptors (Lipinski definition) is 4. The van der Waals surface area contributed by atoms with Crippen LogP contribution in [-0.2, 0) is 13.0 Å². The number of benzene rings is 1. The quantitative estimate of drug-likeness (QED) is 0.913. The Bertz CT molecular complexity index is 816. The van der Waals surface area contributed by atoms with Crippen molar-refractivity contribution in [2.45, 2.75) is 33.7 Å². The molecule has 0 saturated carbocycles. The molecule has 0 atom stereocenters. The van der Waals surface area contributed by atoms with Gasteiger partial charge in [-0.25, -0.2) is 14.8 Å². The maximum atomic E-state index is 12.7. The summed E-state index contributed by atoms with van der Waals surface area (Å²) in [6, 6.07) is 5.96. The monoisotopic (exact) mass is 339 g/mol. The second-order valence-corrected chi connectivity index (χ2v) is 6.83. The number of aryl methyl sites for hydroxylation is 3. The van der Waals surface area contributed by atoms with Crippen LogP contribution in [0.2, 0.25) is 0 Å². The Hall–Kier alpha value is -2.63. The van der Waals surface area contributed by atoms with E-state index in [4.69, 9.17) is 0 Å². The van der Waals surface area contributed by atoms with Crippen molar-refractivity contribution in [1.29, 1.82) is 0 Å². The van der Waals surface area contributed by atoms with Gasteiger partial charge in [-0.05, 0) is 32.4 Å². The van der Waals surface area contributed by atoms with Crippen LogP contribution in [0, 0.1) is 20.8 Å². The van der Waals surface area contributed by atoms with E-state index < -0.39 is 0 Å². The number of fused-ring (bicyclic) bond motifs is 1. The highest BCUT2D eigenvalue weighted by Gasteiger charge is 2.26. The van der Waals surface area contributed by atoms with Crippen LogP contribution >= 0.6 is 0 Å². The van der Waals surface area contributed by atoms with E-state index >= 15 is 0 Å². The zero-order valence-corrected chi connectivity index (χ0v) is 15.6. The van der Waals surface area contributed by atoms with Crippen LogP contribution in [0.3, 0.4) is 0 Å². The minimum Gasteiger partial charge on any atom is -0.362 e. The van der Waals surface area contributed by atoms with Crippen molar-refractivity contribution < 1.29 is 4.79 Å². The molecule has 0 aliphatic carbocycles. The molecule has 0 spiro atoms. The summed E-state index contributed by atoms with van der Waals surface area (Å²) < 4.78 is 0. The molecule has 6 nitrogen and oxygen atoms in total. The van der Waals surface area contributed by atoms with Crippen molar-refractivity contribution in [2.24, 2.45) is 0 Å². The number of aromatic nitrogens is 2. The number of amides is 2. The Balaban J connectivity index is 1.81. The summed E-state index contributed by atoms with van der Waals surface area (Å²) in [4.78, 5) is 25.6. The Morgan fingerprint density at radius 3 is 2.64 bits per heavy atom. The molecular weight excluding hydrogens is 314 g/mol. The average molecular weight is 339 g/mol.